The first-order valence-corrected chi connectivity index (χ1v) is 2.62. The SMILES string of the molecule is COc1cc(F)ncc1O. The van der Waals surface area contributed by atoms with E-state index >= 15 is 0 Å². The van der Waals surface area contributed by atoms with Crippen molar-refractivity contribution < 1.29 is 14.2 Å². The van der Waals surface area contributed by atoms with Gasteiger partial charge in [0.2, 0.25) is 5.95 Å². The van der Waals surface area contributed by atoms with Crippen molar-refractivity contribution in [3.63, 3.8) is 0 Å². The summed E-state index contributed by atoms with van der Waals surface area (Å²) in [4.78, 5) is 3.19. The maximum Gasteiger partial charge on any atom is 0.216 e. The Labute approximate surface area is 57.1 Å². The number of hydrogen-bond donors (Lipinski definition) is 1. The van der Waals surface area contributed by atoms with E-state index in [0.29, 0.717) is 0 Å². The van der Waals surface area contributed by atoms with Gasteiger partial charge in [-0.05, 0) is 0 Å². The molecule has 10 heavy (non-hydrogen) atoms. The highest BCUT2D eigenvalue weighted by Gasteiger charge is 2.01. The summed E-state index contributed by atoms with van der Waals surface area (Å²) in [5.41, 5.74) is 0. The van der Waals surface area contributed by atoms with Crippen LogP contribution in [0, 0.1) is 5.95 Å². The molecule has 0 aliphatic carbocycles. The molecule has 1 N–H and O–H groups in total. The zero-order chi connectivity index (χ0) is 7.56. The van der Waals surface area contributed by atoms with Gasteiger partial charge in [-0.15, -0.1) is 0 Å². The molecule has 0 radical (unpaired) electrons. The molecular formula is C6H6FNO2. The zero-order valence-corrected chi connectivity index (χ0v) is 5.34. The van der Waals surface area contributed by atoms with Crippen LogP contribution in [0.2, 0.25) is 0 Å². The van der Waals surface area contributed by atoms with Crippen LogP contribution in [-0.4, -0.2) is 17.2 Å². The van der Waals surface area contributed by atoms with E-state index in [1.807, 2.05) is 0 Å². The summed E-state index contributed by atoms with van der Waals surface area (Å²) in [6.45, 7) is 0. The van der Waals surface area contributed by atoms with Crippen molar-refractivity contribution in [1.82, 2.24) is 4.98 Å². The summed E-state index contributed by atoms with van der Waals surface area (Å²) >= 11 is 0. The fourth-order valence-electron chi connectivity index (χ4n) is 0.569. The second-order valence-corrected chi connectivity index (χ2v) is 1.68. The summed E-state index contributed by atoms with van der Waals surface area (Å²) in [6, 6.07) is 1.01. The number of ether oxygens (including phenoxy) is 1. The molecule has 54 valence electrons. The van der Waals surface area contributed by atoms with Gasteiger partial charge in [0, 0.05) is 6.07 Å². The molecular weight excluding hydrogens is 137 g/mol. The minimum atomic E-state index is -0.672. The lowest BCUT2D eigenvalue weighted by atomic mass is 10.4. The molecule has 3 nitrogen and oxygen atoms in total. The molecule has 1 aromatic rings. The van der Waals surface area contributed by atoms with E-state index < -0.39 is 5.95 Å². The van der Waals surface area contributed by atoms with Gasteiger partial charge in [-0.3, -0.25) is 0 Å². The fourth-order valence-corrected chi connectivity index (χ4v) is 0.569. The molecule has 0 atom stereocenters. The highest BCUT2D eigenvalue weighted by atomic mass is 19.1. The normalized spacial score (nSPS) is 9.40. The molecule has 4 heteroatoms. The zero-order valence-electron chi connectivity index (χ0n) is 5.34. The quantitative estimate of drug-likeness (QED) is 0.595. The van der Waals surface area contributed by atoms with Crippen LogP contribution in [0.15, 0.2) is 12.3 Å². The minimum absolute atomic E-state index is 0.0903. The molecule has 0 spiro atoms. The van der Waals surface area contributed by atoms with Gasteiger partial charge in [0.15, 0.2) is 11.5 Å². The van der Waals surface area contributed by atoms with Crippen molar-refractivity contribution in [2.45, 2.75) is 0 Å². The summed E-state index contributed by atoms with van der Waals surface area (Å²) < 4.78 is 16.8. The largest absolute Gasteiger partial charge is 0.503 e. The van der Waals surface area contributed by atoms with Gasteiger partial charge in [0.1, 0.15) is 0 Å². The third-order valence-corrected chi connectivity index (χ3v) is 1.03. The number of rotatable bonds is 1. The van der Waals surface area contributed by atoms with Gasteiger partial charge in [-0.2, -0.15) is 4.39 Å². The predicted octanol–water partition coefficient (Wildman–Crippen LogP) is 0.935. The third kappa shape index (κ3) is 1.15. The Morgan fingerprint density at radius 3 is 2.90 bits per heavy atom. The van der Waals surface area contributed by atoms with Crippen molar-refractivity contribution in [2.75, 3.05) is 7.11 Å². The lowest BCUT2D eigenvalue weighted by Crippen LogP contribution is -1.87. The van der Waals surface area contributed by atoms with E-state index in [4.69, 9.17) is 5.11 Å². The molecule has 0 aliphatic heterocycles. The number of methoxy groups -OCH3 is 1. The van der Waals surface area contributed by atoms with Crippen molar-refractivity contribution >= 4 is 0 Å². The molecule has 0 saturated heterocycles. The maximum absolute atomic E-state index is 12.2. The first-order valence-electron chi connectivity index (χ1n) is 2.62. The van der Waals surface area contributed by atoms with E-state index in [1.54, 1.807) is 0 Å². The summed E-state index contributed by atoms with van der Waals surface area (Å²) in [6.07, 6.45) is 0.994. The number of aromatic hydroxyl groups is 1. The van der Waals surface area contributed by atoms with Gasteiger partial charge in [0.05, 0.1) is 13.3 Å². The first-order chi connectivity index (χ1) is 4.74. The third-order valence-electron chi connectivity index (χ3n) is 1.03. The van der Waals surface area contributed by atoms with E-state index in [9.17, 15) is 4.39 Å². The maximum atomic E-state index is 12.2. The van der Waals surface area contributed by atoms with Crippen LogP contribution >= 0.6 is 0 Å². The van der Waals surface area contributed by atoms with E-state index in [-0.39, 0.29) is 11.5 Å². The fraction of sp³-hybridized carbons (Fsp3) is 0.167. The average Bonchev–Trinajstić information content (AvgIpc) is 1.94. The van der Waals surface area contributed by atoms with Crippen LogP contribution in [0.3, 0.4) is 0 Å². The van der Waals surface area contributed by atoms with Gasteiger partial charge in [-0.1, -0.05) is 0 Å². The van der Waals surface area contributed by atoms with Crippen molar-refractivity contribution in [2.24, 2.45) is 0 Å². The standard InChI is InChI=1S/C6H6FNO2/c1-10-5-2-6(7)8-3-4(5)9/h2-3,9H,1H3. The van der Waals surface area contributed by atoms with E-state index in [1.165, 1.54) is 7.11 Å². The van der Waals surface area contributed by atoms with Crippen LogP contribution in [0.25, 0.3) is 0 Å². The molecule has 0 fully saturated rings. The van der Waals surface area contributed by atoms with Crippen LogP contribution in [0.5, 0.6) is 11.5 Å². The lowest BCUT2D eigenvalue weighted by Gasteiger charge is -1.99. The number of hydrogen-bond acceptors (Lipinski definition) is 3. The van der Waals surface area contributed by atoms with Crippen molar-refractivity contribution in [3.8, 4) is 11.5 Å². The minimum Gasteiger partial charge on any atom is -0.503 e. The second kappa shape index (κ2) is 2.51. The van der Waals surface area contributed by atoms with Crippen molar-refractivity contribution in [3.05, 3.63) is 18.2 Å². The van der Waals surface area contributed by atoms with E-state index in [2.05, 4.69) is 9.72 Å². The van der Waals surface area contributed by atoms with Gasteiger partial charge >= 0.3 is 0 Å². The highest BCUT2D eigenvalue weighted by Crippen LogP contribution is 2.23. The van der Waals surface area contributed by atoms with Crippen molar-refractivity contribution in [1.29, 1.82) is 0 Å². The number of halogens is 1. The number of pyridine rings is 1. The number of aromatic nitrogens is 1. The van der Waals surface area contributed by atoms with E-state index in [0.717, 1.165) is 12.3 Å². The molecule has 0 saturated carbocycles. The van der Waals surface area contributed by atoms with Gasteiger partial charge in [0.25, 0.3) is 0 Å². The lowest BCUT2D eigenvalue weighted by molar-refractivity contribution is 0.366. The Bertz CT molecular complexity index is 239. The number of nitrogens with zero attached hydrogens (tertiary/aromatic N) is 1. The van der Waals surface area contributed by atoms with Crippen LogP contribution in [0.4, 0.5) is 4.39 Å². The molecule has 0 amide bonds. The Morgan fingerprint density at radius 2 is 2.40 bits per heavy atom. The second-order valence-electron chi connectivity index (χ2n) is 1.68. The Hall–Kier alpha value is -1.32. The smallest absolute Gasteiger partial charge is 0.216 e. The Kier molecular flexibility index (Phi) is 1.71. The molecule has 1 rings (SSSR count). The topological polar surface area (TPSA) is 42.4 Å². The highest BCUT2D eigenvalue weighted by molar-refractivity contribution is 5.34. The van der Waals surface area contributed by atoms with Crippen LogP contribution in [-0.2, 0) is 0 Å². The van der Waals surface area contributed by atoms with Crippen LogP contribution in [0.1, 0.15) is 0 Å². The molecule has 0 aromatic carbocycles. The summed E-state index contributed by atoms with van der Waals surface area (Å²) in [7, 11) is 1.34. The Morgan fingerprint density at radius 1 is 1.70 bits per heavy atom. The molecule has 0 bridgehead atoms. The Balaban J connectivity index is 3.09. The monoisotopic (exact) mass is 143 g/mol. The first kappa shape index (κ1) is 6.80. The molecule has 1 heterocycles. The molecule has 0 unspecified atom stereocenters. The summed E-state index contributed by atoms with van der Waals surface area (Å²) in [5, 5.41) is 8.88. The van der Waals surface area contributed by atoms with Crippen LogP contribution < -0.4 is 4.74 Å². The van der Waals surface area contributed by atoms with Gasteiger partial charge in [-0.25, -0.2) is 4.98 Å². The molecule has 1 aromatic heterocycles. The summed E-state index contributed by atoms with van der Waals surface area (Å²) in [5.74, 6) is -0.744. The molecule has 0 aliphatic rings. The predicted molar refractivity (Wildman–Crippen MR) is 32.4 cm³/mol. The van der Waals surface area contributed by atoms with Gasteiger partial charge < -0.3 is 9.84 Å². The average molecular weight is 143 g/mol.